The maximum absolute atomic E-state index is 13.3. The summed E-state index contributed by atoms with van der Waals surface area (Å²) in [7, 11) is 0. The van der Waals surface area contributed by atoms with Crippen LogP contribution in [0.3, 0.4) is 0 Å². The van der Waals surface area contributed by atoms with E-state index in [9.17, 15) is 19.8 Å². The number of hydrogen-bond donors (Lipinski definition) is 2. The standard InChI is InChI=1S/C24H21N3O7S/c1-3-32-17-10-13(4-6-15(17)28)20-19(22(30)23(31)27(20)24-26-25-12(2)35-24)21(29)14-5-7-16-18(11-14)34-9-8-33-16/h4-7,10-11,20,28-29H,3,8-9H2,1-2H3/b21-19+. The largest absolute Gasteiger partial charge is 0.507 e. The summed E-state index contributed by atoms with van der Waals surface area (Å²) in [6.45, 7) is 4.56. The summed E-state index contributed by atoms with van der Waals surface area (Å²) < 4.78 is 16.6. The lowest BCUT2D eigenvalue weighted by Crippen LogP contribution is -2.29. The molecule has 2 aromatic carbocycles. The fourth-order valence-corrected chi connectivity index (χ4v) is 4.76. The van der Waals surface area contributed by atoms with E-state index in [1.54, 1.807) is 38.1 Å². The Hall–Kier alpha value is -4.12. The van der Waals surface area contributed by atoms with E-state index in [1.807, 2.05) is 0 Å². The van der Waals surface area contributed by atoms with Crippen LogP contribution in [0.5, 0.6) is 23.0 Å². The first-order valence-corrected chi connectivity index (χ1v) is 11.7. The highest BCUT2D eigenvalue weighted by Crippen LogP contribution is 2.45. The van der Waals surface area contributed by atoms with Gasteiger partial charge in [0.15, 0.2) is 23.0 Å². The van der Waals surface area contributed by atoms with Crippen molar-refractivity contribution in [2.24, 2.45) is 0 Å². The number of aliphatic hydroxyl groups excluding tert-OH is 1. The molecule has 0 radical (unpaired) electrons. The number of carbonyl (C=O) groups excluding carboxylic acids is 2. The predicted molar refractivity (Wildman–Crippen MR) is 126 cm³/mol. The molecule has 2 N–H and O–H groups in total. The number of hydrogen-bond acceptors (Lipinski definition) is 10. The Morgan fingerprint density at radius 2 is 1.91 bits per heavy atom. The van der Waals surface area contributed by atoms with Gasteiger partial charge in [0.2, 0.25) is 5.13 Å². The molecular weight excluding hydrogens is 474 g/mol. The minimum atomic E-state index is -1.03. The van der Waals surface area contributed by atoms with Gasteiger partial charge in [-0.25, -0.2) is 0 Å². The molecule has 1 saturated heterocycles. The van der Waals surface area contributed by atoms with Gasteiger partial charge in [-0.1, -0.05) is 17.4 Å². The predicted octanol–water partition coefficient (Wildman–Crippen LogP) is 3.35. The number of ether oxygens (including phenoxy) is 3. The van der Waals surface area contributed by atoms with Gasteiger partial charge in [-0.3, -0.25) is 14.5 Å². The molecule has 2 aliphatic heterocycles. The lowest BCUT2D eigenvalue weighted by molar-refractivity contribution is -0.132. The Labute approximate surface area is 204 Å². The first kappa shape index (κ1) is 22.7. The molecule has 1 atom stereocenters. The van der Waals surface area contributed by atoms with Gasteiger partial charge >= 0.3 is 5.91 Å². The van der Waals surface area contributed by atoms with Gasteiger partial charge in [-0.2, -0.15) is 0 Å². The van der Waals surface area contributed by atoms with Crippen LogP contribution in [0.25, 0.3) is 5.76 Å². The summed E-state index contributed by atoms with van der Waals surface area (Å²) in [5.41, 5.74) is 0.597. The molecule has 0 spiro atoms. The number of aliphatic hydroxyl groups is 1. The van der Waals surface area contributed by atoms with E-state index in [-0.39, 0.29) is 33.5 Å². The van der Waals surface area contributed by atoms with Crippen LogP contribution in [0.4, 0.5) is 5.13 Å². The Morgan fingerprint density at radius 1 is 1.14 bits per heavy atom. The molecule has 5 rings (SSSR count). The number of aromatic hydroxyl groups is 1. The second kappa shape index (κ2) is 8.91. The summed E-state index contributed by atoms with van der Waals surface area (Å²) in [5.74, 6) is -1.06. The Balaban J connectivity index is 1.70. The third-order valence-corrected chi connectivity index (χ3v) is 6.42. The van der Waals surface area contributed by atoms with E-state index in [0.717, 1.165) is 11.3 Å². The van der Waals surface area contributed by atoms with E-state index in [4.69, 9.17) is 14.2 Å². The molecule has 11 heteroatoms. The molecule has 0 saturated carbocycles. The lowest BCUT2D eigenvalue weighted by atomic mass is 9.95. The zero-order valence-corrected chi connectivity index (χ0v) is 19.7. The van der Waals surface area contributed by atoms with Gasteiger partial charge in [-0.05, 0) is 49.7 Å². The average Bonchev–Trinajstić information content (AvgIpc) is 3.40. The molecule has 1 fully saturated rings. The number of benzene rings is 2. The van der Waals surface area contributed by atoms with Crippen molar-refractivity contribution in [1.82, 2.24) is 10.2 Å². The second-order valence-electron chi connectivity index (χ2n) is 7.79. The van der Waals surface area contributed by atoms with Crippen molar-refractivity contribution < 1.29 is 34.0 Å². The van der Waals surface area contributed by atoms with Crippen molar-refractivity contribution in [2.45, 2.75) is 19.9 Å². The minimum Gasteiger partial charge on any atom is -0.507 e. The number of phenols is 1. The number of anilines is 1. The topological polar surface area (TPSA) is 131 Å². The molecule has 180 valence electrons. The monoisotopic (exact) mass is 495 g/mol. The highest BCUT2D eigenvalue weighted by molar-refractivity contribution is 7.15. The van der Waals surface area contributed by atoms with E-state index in [1.165, 1.54) is 17.0 Å². The molecule has 3 aromatic rings. The van der Waals surface area contributed by atoms with Crippen molar-refractivity contribution in [3.63, 3.8) is 0 Å². The smallest absolute Gasteiger partial charge is 0.301 e. The molecule has 10 nitrogen and oxygen atoms in total. The van der Waals surface area contributed by atoms with E-state index in [0.29, 0.717) is 41.9 Å². The molecule has 1 amide bonds. The van der Waals surface area contributed by atoms with Crippen LogP contribution in [-0.4, -0.2) is 51.9 Å². The SMILES string of the molecule is CCOc1cc(C2/C(=C(\O)c3ccc4c(c3)OCCO4)C(=O)C(=O)N2c2nnc(C)s2)ccc1O. The van der Waals surface area contributed by atoms with Gasteiger partial charge in [0.05, 0.1) is 18.2 Å². The first-order chi connectivity index (χ1) is 16.9. The Kier molecular flexibility index (Phi) is 5.77. The molecule has 35 heavy (non-hydrogen) atoms. The highest BCUT2D eigenvalue weighted by atomic mass is 32.1. The normalized spacial score (nSPS) is 18.7. The number of fused-ring (bicyclic) bond motifs is 1. The van der Waals surface area contributed by atoms with Gasteiger partial charge in [-0.15, -0.1) is 10.2 Å². The van der Waals surface area contributed by atoms with E-state index >= 15 is 0 Å². The van der Waals surface area contributed by atoms with E-state index < -0.39 is 17.7 Å². The number of aryl methyl sites for hydroxylation is 1. The maximum Gasteiger partial charge on any atom is 0.301 e. The number of amides is 1. The molecular formula is C24H21N3O7S. The molecule has 0 bridgehead atoms. The number of rotatable bonds is 5. The van der Waals surface area contributed by atoms with Crippen molar-refractivity contribution in [1.29, 1.82) is 0 Å². The zero-order valence-electron chi connectivity index (χ0n) is 18.8. The molecule has 2 aliphatic rings. The molecule has 3 heterocycles. The van der Waals surface area contributed by atoms with Crippen LogP contribution in [-0.2, 0) is 9.59 Å². The van der Waals surface area contributed by atoms with Crippen LogP contribution >= 0.6 is 11.3 Å². The summed E-state index contributed by atoms with van der Waals surface area (Å²) >= 11 is 1.14. The van der Waals surface area contributed by atoms with Crippen molar-refractivity contribution >= 4 is 33.9 Å². The minimum absolute atomic E-state index is 0.0915. The average molecular weight is 496 g/mol. The van der Waals surface area contributed by atoms with E-state index in [2.05, 4.69) is 10.2 Å². The quantitative estimate of drug-likeness (QED) is 0.311. The number of aromatic nitrogens is 2. The zero-order chi connectivity index (χ0) is 24.7. The van der Waals surface area contributed by atoms with Gasteiger partial charge < -0.3 is 24.4 Å². The fraction of sp³-hybridized carbons (Fsp3) is 0.250. The summed E-state index contributed by atoms with van der Waals surface area (Å²) in [6.07, 6.45) is 0. The van der Waals surface area contributed by atoms with Crippen LogP contribution in [0.1, 0.15) is 29.1 Å². The van der Waals surface area contributed by atoms with Crippen LogP contribution in [0.2, 0.25) is 0 Å². The third kappa shape index (κ3) is 3.93. The van der Waals surface area contributed by atoms with Gasteiger partial charge in [0.1, 0.15) is 24.0 Å². The van der Waals surface area contributed by atoms with Crippen LogP contribution in [0.15, 0.2) is 42.0 Å². The fourth-order valence-electron chi connectivity index (χ4n) is 4.05. The van der Waals surface area contributed by atoms with Gasteiger partial charge in [0.25, 0.3) is 5.78 Å². The number of carbonyl (C=O) groups is 2. The van der Waals surface area contributed by atoms with Crippen molar-refractivity contribution in [3.8, 4) is 23.0 Å². The summed E-state index contributed by atoms with van der Waals surface area (Å²) in [6, 6.07) is 8.26. The third-order valence-electron chi connectivity index (χ3n) is 5.58. The van der Waals surface area contributed by atoms with Crippen molar-refractivity contribution in [2.75, 3.05) is 24.7 Å². The highest BCUT2D eigenvalue weighted by Gasteiger charge is 2.48. The number of ketones is 1. The lowest BCUT2D eigenvalue weighted by Gasteiger charge is -2.23. The number of nitrogens with zero attached hydrogens (tertiary/aromatic N) is 3. The van der Waals surface area contributed by atoms with Crippen molar-refractivity contribution in [3.05, 3.63) is 58.1 Å². The van der Waals surface area contributed by atoms with Crippen LogP contribution in [0, 0.1) is 6.92 Å². The molecule has 0 aliphatic carbocycles. The van der Waals surface area contributed by atoms with Crippen LogP contribution < -0.4 is 19.1 Å². The number of Topliss-reactive ketones (excluding diaryl/α,β-unsaturated/α-hetero) is 1. The maximum atomic E-state index is 13.3. The first-order valence-electron chi connectivity index (χ1n) is 10.9. The summed E-state index contributed by atoms with van der Waals surface area (Å²) in [5, 5.41) is 30.3. The Morgan fingerprint density at radius 3 is 2.63 bits per heavy atom. The Bertz CT molecular complexity index is 1370. The molecule has 1 aromatic heterocycles. The summed E-state index contributed by atoms with van der Waals surface area (Å²) in [4.78, 5) is 27.7. The second-order valence-corrected chi connectivity index (χ2v) is 8.95. The van der Waals surface area contributed by atoms with Gasteiger partial charge in [0, 0.05) is 5.56 Å². The number of phenolic OH excluding ortho intramolecular Hbond substituents is 1. The molecule has 1 unspecified atom stereocenters.